The summed E-state index contributed by atoms with van der Waals surface area (Å²) in [5, 5.41) is 21.7. The molecule has 23 heavy (non-hydrogen) atoms. The Morgan fingerprint density at radius 3 is 2.30 bits per heavy atom. The Labute approximate surface area is 134 Å². The van der Waals surface area contributed by atoms with Crippen LogP contribution in [-0.2, 0) is 20.7 Å². The third-order valence-corrected chi connectivity index (χ3v) is 2.77. The maximum Gasteiger partial charge on any atom is 0.408 e. The monoisotopic (exact) mass is 325 g/mol. The number of anilines is 1. The summed E-state index contributed by atoms with van der Waals surface area (Å²) >= 11 is 0. The van der Waals surface area contributed by atoms with E-state index in [0.29, 0.717) is 5.56 Å². The standard InChI is InChI=1S/C15H21N2O6/c1-15(2,3)23-14(19)16-12(13(18)22-4)9-10-5-7-11(8-6-10)17(20)21/h5-8,12,20H,9H2,1-4H3,(H,16,19)/q-1/t12-/m0/s1. The van der Waals surface area contributed by atoms with Gasteiger partial charge in [-0.1, -0.05) is 12.1 Å². The summed E-state index contributed by atoms with van der Waals surface area (Å²) in [6.07, 6.45) is -0.582. The van der Waals surface area contributed by atoms with Crippen LogP contribution in [0.25, 0.3) is 0 Å². The highest BCUT2D eigenvalue weighted by molar-refractivity contribution is 5.81. The molecule has 0 fully saturated rings. The fraction of sp³-hybridized carbons (Fsp3) is 0.467. The smallest absolute Gasteiger partial charge is 0.408 e. The molecule has 0 unspecified atom stereocenters. The number of hydrogen-bond acceptors (Lipinski definition) is 7. The van der Waals surface area contributed by atoms with Crippen molar-refractivity contribution >= 4 is 17.7 Å². The number of carbonyl (C=O) groups excluding carboxylic acids is 2. The number of ether oxygens (including phenoxy) is 2. The van der Waals surface area contributed by atoms with Gasteiger partial charge in [0.2, 0.25) is 0 Å². The zero-order valence-electron chi connectivity index (χ0n) is 13.5. The second-order valence-corrected chi connectivity index (χ2v) is 5.87. The first-order valence-corrected chi connectivity index (χ1v) is 6.95. The quantitative estimate of drug-likeness (QED) is 0.629. The van der Waals surface area contributed by atoms with Crippen LogP contribution in [0.5, 0.6) is 0 Å². The van der Waals surface area contributed by atoms with Gasteiger partial charge >= 0.3 is 12.1 Å². The minimum atomic E-state index is -0.932. The zero-order chi connectivity index (χ0) is 17.6. The summed E-state index contributed by atoms with van der Waals surface area (Å²) in [5.41, 5.74) is 0.0380. The summed E-state index contributed by atoms with van der Waals surface area (Å²) < 4.78 is 9.78. The summed E-state index contributed by atoms with van der Waals surface area (Å²) in [6.45, 7) is 5.13. The maximum absolute atomic E-state index is 11.8. The van der Waals surface area contributed by atoms with Gasteiger partial charge in [-0.05, 0) is 38.5 Å². The molecule has 1 amide bonds. The molecule has 1 aromatic rings. The van der Waals surface area contributed by atoms with Crippen molar-refractivity contribution in [3.05, 3.63) is 35.0 Å². The Balaban J connectivity index is 2.78. The number of carbonyl (C=O) groups is 2. The van der Waals surface area contributed by atoms with Crippen LogP contribution >= 0.6 is 0 Å². The fourth-order valence-corrected chi connectivity index (χ4v) is 1.78. The molecule has 1 aromatic carbocycles. The number of esters is 1. The van der Waals surface area contributed by atoms with Crippen LogP contribution < -0.4 is 10.5 Å². The number of alkyl carbamates (subject to hydrolysis) is 1. The van der Waals surface area contributed by atoms with Gasteiger partial charge in [-0.15, -0.1) is 0 Å². The van der Waals surface area contributed by atoms with Gasteiger partial charge in [0.05, 0.1) is 12.8 Å². The third kappa shape index (κ3) is 6.54. The molecule has 8 heteroatoms. The average Bonchev–Trinajstić information content (AvgIpc) is 2.44. The minimum absolute atomic E-state index is 0.0588. The number of rotatable bonds is 5. The van der Waals surface area contributed by atoms with Crippen molar-refractivity contribution in [2.75, 3.05) is 12.3 Å². The van der Waals surface area contributed by atoms with E-state index in [1.807, 2.05) is 0 Å². The number of methoxy groups -OCH3 is 1. The van der Waals surface area contributed by atoms with E-state index in [4.69, 9.17) is 9.94 Å². The topological polar surface area (TPSA) is 111 Å². The molecule has 0 bridgehead atoms. The molecular weight excluding hydrogens is 304 g/mol. The number of benzene rings is 1. The van der Waals surface area contributed by atoms with E-state index in [1.54, 1.807) is 32.9 Å². The fourth-order valence-electron chi connectivity index (χ4n) is 1.78. The van der Waals surface area contributed by atoms with Crippen molar-refractivity contribution < 1.29 is 24.3 Å². The molecule has 0 aliphatic heterocycles. The molecule has 128 valence electrons. The molecule has 1 rings (SSSR count). The highest BCUT2D eigenvalue weighted by Gasteiger charge is 2.25. The second-order valence-electron chi connectivity index (χ2n) is 5.87. The van der Waals surface area contributed by atoms with Crippen LogP contribution in [0.4, 0.5) is 10.5 Å². The number of nitrogens with one attached hydrogen (secondary N) is 1. The largest absolute Gasteiger partial charge is 0.733 e. The predicted molar refractivity (Wildman–Crippen MR) is 83.0 cm³/mol. The summed E-state index contributed by atoms with van der Waals surface area (Å²) in [5.74, 6) is -0.618. The SMILES string of the molecule is COC(=O)[C@H](Cc1ccc(N([O-])O)cc1)NC(=O)OC(C)(C)C. The molecule has 8 nitrogen and oxygen atoms in total. The van der Waals surface area contributed by atoms with Gasteiger partial charge in [0, 0.05) is 6.42 Å². The first-order valence-electron chi connectivity index (χ1n) is 6.95. The lowest BCUT2D eigenvalue weighted by Gasteiger charge is -2.23. The molecule has 0 aliphatic rings. The second kappa shape index (κ2) is 7.80. The normalized spacial score (nSPS) is 12.3. The maximum atomic E-state index is 11.8. The van der Waals surface area contributed by atoms with E-state index >= 15 is 0 Å². The van der Waals surface area contributed by atoms with Crippen LogP contribution in [-0.4, -0.2) is 36.0 Å². The van der Waals surface area contributed by atoms with Crippen molar-refractivity contribution in [3.63, 3.8) is 0 Å². The first-order chi connectivity index (χ1) is 10.6. The molecule has 0 saturated carbocycles. The molecule has 0 aliphatic carbocycles. The lowest BCUT2D eigenvalue weighted by molar-refractivity contribution is -0.143. The van der Waals surface area contributed by atoms with Gasteiger partial charge in [0.15, 0.2) is 0 Å². The Kier molecular flexibility index (Phi) is 6.35. The number of amides is 1. The molecule has 1 atom stereocenters. The van der Waals surface area contributed by atoms with Crippen molar-refractivity contribution in [2.45, 2.75) is 38.8 Å². The van der Waals surface area contributed by atoms with Crippen LogP contribution in [0, 0.1) is 5.21 Å². The van der Waals surface area contributed by atoms with E-state index in [0.717, 1.165) is 0 Å². The number of nitrogens with zero attached hydrogens (tertiary/aromatic N) is 1. The lowest BCUT2D eigenvalue weighted by Crippen LogP contribution is -2.45. The summed E-state index contributed by atoms with van der Waals surface area (Å²) in [6, 6.07) is 4.97. The molecule has 0 heterocycles. The highest BCUT2D eigenvalue weighted by atomic mass is 16.8. The van der Waals surface area contributed by atoms with E-state index in [1.165, 1.54) is 19.2 Å². The lowest BCUT2D eigenvalue weighted by atomic mass is 10.1. The Hall–Kier alpha value is -2.32. The van der Waals surface area contributed by atoms with Crippen molar-refractivity contribution in [1.29, 1.82) is 0 Å². The van der Waals surface area contributed by atoms with E-state index in [9.17, 15) is 14.8 Å². The van der Waals surface area contributed by atoms with Crippen LogP contribution in [0.1, 0.15) is 26.3 Å². The molecule has 0 spiro atoms. The zero-order valence-corrected chi connectivity index (χ0v) is 13.5. The van der Waals surface area contributed by atoms with Crippen LogP contribution in [0.2, 0.25) is 0 Å². The summed E-state index contributed by atoms with van der Waals surface area (Å²) in [4.78, 5) is 23.6. The van der Waals surface area contributed by atoms with Gasteiger partial charge in [-0.25, -0.2) is 9.59 Å². The predicted octanol–water partition coefficient (Wildman–Crippen LogP) is 1.99. The van der Waals surface area contributed by atoms with Gasteiger partial charge in [-0.2, -0.15) is 0 Å². The van der Waals surface area contributed by atoms with E-state index < -0.39 is 23.7 Å². The van der Waals surface area contributed by atoms with Crippen LogP contribution in [0.15, 0.2) is 24.3 Å². The van der Waals surface area contributed by atoms with Crippen molar-refractivity contribution in [3.8, 4) is 0 Å². The van der Waals surface area contributed by atoms with E-state index in [-0.39, 0.29) is 17.3 Å². The van der Waals surface area contributed by atoms with Crippen molar-refractivity contribution in [1.82, 2.24) is 5.32 Å². The summed E-state index contributed by atoms with van der Waals surface area (Å²) in [7, 11) is 1.22. The Morgan fingerprint density at radius 2 is 1.87 bits per heavy atom. The van der Waals surface area contributed by atoms with Crippen LogP contribution in [0.3, 0.4) is 0 Å². The van der Waals surface area contributed by atoms with Gasteiger partial charge in [0.25, 0.3) is 0 Å². The van der Waals surface area contributed by atoms with E-state index in [2.05, 4.69) is 10.1 Å². The molecule has 2 N–H and O–H groups in total. The van der Waals surface area contributed by atoms with Gasteiger partial charge in [0.1, 0.15) is 11.6 Å². The highest BCUT2D eigenvalue weighted by Crippen LogP contribution is 2.14. The van der Waals surface area contributed by atoms with Crippen molar-refractivity contribution in [2.24, 2.45) is 0 Å². The Bertz CT molecular complexity index is 536. The average molecular weight is 325 g/mol. The molecule has 0 saturated heterocycles. The van der Waals surface area contributed by atoms with Gasteiger partial charge < -0.3 is 25.2 Å². The van der Waals surface area contributed by atoms with Gasteiger partial charge in [-0.3, -0.25) is 5.21 Å². The third-order valence-electron chi connectivity index (χ3n) is 2.77. The molecule has 0 radical (unpaired) electrons. The first kappa shape index (κ1) is 18.7. The molecule has 0 aromatic heterocycles. The Morgan fingerprint density at radius 1 is 1.30 bits per heavy atom. The number of hydrogen-bond donors (Lipinski definition) is 2. The minimum Gasteiger partial charge on any atom is -0.733 e. The molecular formula is C15H21N2O6-.